The van der Waals surface area contributed by atoms with Crippen LogP contribution >= 0.6 is 11.3 Å². The van der Waals surface area contributed by atoms with Crippen LogP contribution in [0.1, 0.15) is 79.0 Å². The third-order valence-corrected chi connectivity index (χ3v) is 16.3. The molecule has 0 N–H and O–H groups in total. The van der Waals surface area contributed by atoms with E-state index < -0.39 is 0 Å². The minimum Gasteiger partial charge on any atom is -0.457 e. The summed E-state index contributed by atoms with van der Waals surface area (Å²) >= 11 is 1.84. The molecule has 0 spiro atoms. The number of aromatic nitrogens is 2. The molecule has 2 aliphatic heterocycles. The summed E-state index contributed by atoms with van der Waals surface area (Å²) in [5.74, 6) is 3.36. The molecule has 5 nitrogen and oxygen atoms in total. The molecule has 0 amide bonds. The number of ether oxygens (including phenoxy) is 2. The molecule has 0 atom stereocenters. The predicted octanol–water partition coefficient (Wildman–Crippen LogP) is 15.6. The largest absolute Gasteiger partial charge is 0.457 e. The van der Waals surface area contributed by atoms with Crippen LogP contribution in [0.25, 0.3) is 87.0 Å². The van der Waals surface area contributed by atoms with E-state index in [0.29, 0.717) is 0 Å². The van der Waals surface area contributed by atoms with Crippen molar-refractivity contribution in [3.63, 3.8) is 0 Å². The lowest BCUT2D eigenvalue weighted by Crippen LogP contribution is -2.56. The maximum absolute atomic E-state index is 7.52. The van der Waals surface area contributed by atoms with Gasteiger partial charge in [0.1, 0.15) is 28.6 Å². The van der Waals surface area contributed by atoms with Crippen molar-refractivity contribution in [2.45, 2.75) is 78.6 Å². The van der Waals surface area contributed by atoms with Gasteiger partial charge in [-0.05, 0) is 99.1 Å². The second kappa shape index (κ2) is 13.7. The van der Waals surface area contributed by atoms with Crippen molar-refractivity contribution in [1.29, 1.82) is 0 Å². The van der Waals surface area contributed by atoms with Gasteiger partial charge in [-0.2, -0.15) is 0 Å². The van der Waals surface area contributed by atoms with Crippen molar-refractivity contribution < 1.29 is 13.9 Å². The lowest BCUT2D eigenvalue weighted by Gasteiger charge is -2.33. The number of furan rings is 1. The van der Waals surface area contributed by atoms with E-state index in [4.69, 9.17) is 13.9 Å². The van der Waals surface area contributed by atoms with Gasteiger partial charge >= 0.3 is 0 Å². The van der Waals surface area contributed by atoms with Gasteiger partial charge in [0.05, 0.1) is 38.8 Å². The van der Waals surface area contributed by atoms with Gasteiger partial charge in [-0.25, -0.2) is 0 Å². The monoisotopic (exact) mass is 914 g/mol. The fraction of sp³-hybridized carbons (Fsp3) is 0.194. The van der Waals surface area contributed by atoms with Crippen LogP contribution in [0, 0.1) is 0 Å². The fourth-order valence-corrected chi connectivity index (χ4v) is 12.7. The molecule has 0 aliphatic carbocycles. The number of nitrogens with zero attached hydrogens (tertiary/aromatic N) is 2. The lowest BCUT2D eigenvalue weighted by molar-refractivity contribution is 0.470. The van der Waals surface area contributed by atoms with E-state index in [9.17, 15) is 0 Å². The maximum atomic E-state index is 7.52. The molecule has 8 aromatic carbocycles. The summed E-state index contributed by atoms with van der Waals surface area (Å²) in [6, 6.07) is 53.7. The Labute approximate surface area is 405 Å². The summed E-state index contributed by atoms with van der Waals surface area (Å²) in [5, 5.41) is 8.03. The molecule has 0 fully saturated rings. The Bertz CT molecular complexity index is 4090. The summed E-state index contributed by atoms with van der Waals surface area (Å²) in [7, 11) is 0. The topological polar surface area (TPSA) is 41.5 Å². The quantitative estimate of drug-likeness (QED) is 0.162. The summed E-state index contributed by atoms with van der Waals surface area (Å²) in [4.78, 5) is 0. The standard InChI is InChI=1S/C62H51BN2O3S/c1-60(2,3)34-22-25-47-41(28-34)42-29-35(61(4,5)6)23-26-48(42)65(47)49-33-44-57(54-40-18-12-15-21-50(40)66-58(49)54)68-52-32-37(64-45-19-13-10-16-38(45)39-17-11-14-20-46(39)64)31-51-55(52)63(44)59-56(67-51)43-30-36(62(7,8)9)24-27-53(43)69-59/h10-33H,1-9H3. The first kappa shape index (κ1) is 40.8. The van der Waals surface area contributed by atoms with Crippen molar-refractivity contribution in [3.05, 3.63) is 162 Å². The minimum atomic E-state index is -0.185. The van der Waals surface area contributed by atoms with Crippen LogP contribution in [-0.4, -0.2) is 15.8 Å². The highest BCUT2D eigenvalue weighted by molar-refractivity contribution is 7.33. The Morgan fingerprint density at radius 2 is 0.971 bits per heavy atom. The van der Waals surface area contributed by atoms with Crippen molar-refractivity contribution in [1.82, 2.24) is 9.13 Å². The van der Waals surface area contributed by atoms with Gasteiger partial charge in [0.15, 0.2) is 5.58 Å². The number of hydrogen-bond donors (Lipinski definition) is 0. The molecule has 7 heteroatoms. The Morgan fingerprint density at radius 1 is 0.464 bits per heavy atom. The average molecular weight is 915 g/mol. The van der Waals surface area contributed by atoms with Crippen molar-refractivity contribution in [2.75, 3.05) is 0 Å². The van der Waals surface area contributed by atoms with Gasteiger partial charge in [-0.3, -0.25) is 0 Å². The second-order valence-electron chi connectivity index (χ2n) is 22.5. The molecular weight excluding hydrogens is 864 g/mol. The first-order valence-corrected chi connectivity index (χ1v) is 25.1. The molecule has 69 heavy (non-hydrogen) atoms. The molecule has 0 bridgehead atoms. The zero-order valence-electron chi connectivity index (χ0n) is 40.5. The second-order valence-corrected chi connectivity index (χ2v) is 23.6. The zero-order chi connectivity index (χ0) is 47.0. The molecule has 0 unspecified atom stereocenters. The molecule has 0 radical (unpaired) electrons. The molecule has 12 aromatic rings. The summed E-state index contributed by atoms with van der Waals surface area (Å²) in [6.07, 6.45) is 0. The number of para-hydroxylation sites is 3. The van der Waals surface area contributed by atoms with E-state index in [0.717, 1.165) is 94.7 Å². The smallest absolute Gasteiger partial charge is 0.273 e. The highest BCUT2D eigenvalue weighted by Crippen LogP contribution is 2.49. The number of rotatable bonds is 2. The van der Waals surface area contributed by atoms with Crippen molar-refractivity contribution in [3.8, 4) is 34.4 Å². The Balaban J connectivity index is 1.11. The fourth-order valence-electron chi connectivity index (χ4n) is 11.5. The van der Waals surface area contributed by atoms with E-state index in [-0.39, 0.29) is 23.0 Å². The number of benzene rings is 8. The van der Waals surface area contributed by atoms with Gasteiger partial charge in [-0.1, -0.05) is 135 Å². The minimum absolute atomic E-state index is 0.0232. The SMILES string of the molecule is CC(C)(C)c1ccc2sc3c(c2c1)Oc1cc(-n2c4ccccc4c4ccccc42)cc2c1B3c1cc(-n3c4ccc(C(C)(C)C)cc4c4cc(C(C)(C)C)ccc43)c3oc4ccccc4c3c1O2. The van der Waals surface area contributed by atoms with Gasteiger partial charge in [0, 0.05) is 59.4 Å². The van der Waals surface area contributed by atoms with Crippen LogP contribution in [0.15, 0.2) is 150 Å². The van der Waals surface area contributed by atoms with Crippen LogP contribution in [0.5, 0.6) is 23.0 Å². The van der Waals surface area contributed by atoms with E-state index in [1.807, 2.05) is 11.3 Å². The van der Waals surface area contributed by atoms with Gasteiger partial charge in [0.2, 0.25) is 0 Å². The molecule has 4 aromatic heterocycles. The Hall–Kier alpha value is -7.22. The summed E-state index contributed by atoms with van der Waals surface area (Å²) < 4.78 is 29.2. The van der Waals surface area contributed by atoms with E-state index >= 15 is 0 Å². The summed E-state index contributed by atoms with van der Waals surface area (Å²) in [5.41, 5.74) is 14.1. The van der Waals surface area contributed by atoms with Crippen LogP contribution in [0.3, 0.4) is 0 Å². The first-order chi connectivity index (χ1) is 33.1. The first-order valence-electron chi connectivity index (χ1n) is 24.3. The molecule has 0 saturated heterocycles. The molecule has 14 rings (SSSR count). The van der Waals surface area contributed by atoms with Crippen LogP contribution in [-0.2, 0) is 16.2 Å². The molecule has 336 valence electrons. The molecular formula is C62H51BN2O3S. The highest BCUT2D eigenvalue weighted by Gasteiger charge is 2.45. The lowest BCUT2D eigenvalue weighted by atomic mass is 9.37. The van der Waals surface area contributed by atoms with E-state index in [1.165, 1.54) is 47.7 Å². The van der Waals surface area contributed by atoms with Gasteiger partial charge < -0.3 is 23.0 Å². The van der Waals surface area contributed by atoms with Gasteiger partial charge in [0.25, 0.3) is 6.71 Å². The summed E-state index contributed by atoms with van der Waals surface area (Å²) in [6.45, 7) is 20.5. The Morgan fingerprint density at radius 3 is 1.57 bits per heavy atom. The number of fused-ring (bicyclic) bond motifs is 16. The van der Waals surface area contributed by atoms with E-state index in [1.54, 1.807) is 0 Å². The molecule has 6 heterocycles. The van der Waals surface area contributed by atoms with Crippen LogP contribution in [0.4, 0.5) is 0 Å². The zero-order valence-corrected chi connectivity index (χ0v) is 41.3. The van der Waals surface area contributed by atoms with Crippen LogP contribution < -0.4 is 25.2 Å². The maximum Gasteiger partial charge on any atom is 0.273 e. The number of thiophene rings is 1. The normalized spacial score (nSPS) is 13.8. The van der Waals surface area contributed by atoms with E-state index in [2.05, 4.69) is 217 Å². The van der Waals surface area contributed by atoms with Gasteiger partial charge in [-0.15, -0.1) is 11.3 Å². The average Bonchev–Trinajstić information content (AvgIpc) is 4.08. The highest BCUT2D eigenvalue weighted by atomic mass is 32.1. The van der Waals surface area contributed by atoms with Crippen molar-refractivity contribution >= 4 is 109 Å². The molecule has 2 aliphatic rings. The molecule has 0 saturated carbocycles. The third kappa shape index (κ3) is 5.77. The third-order valence-electron chi connectivity index (χ3n) is 15.1. The van der Waals surface area contributed by atoms with Crippen LogP contribution in [0.2, 0.25) is 0 Å². The predicted molar refractivity (Wildman–Crippen MR) is 292 cm³/mol. The van der Waals surface area contributed by atoms with Crippen molar-refractivity contribution in [2.24, 2.45) is 0 Å². The number of hydrogen-bond acceptors (Lipinski definition) is 4. The Kier molecular flexibility index (Phi) is 8.12.